The molecule has 1 saturated heterocycles. The van der Waals surface area contributed by atoms with Crippen molar-refractivity contribution in [2.45, 2.75) is 37.5 Å². The summed E-state index contributed by atoms with van der Waals surface area (Å²) < 4.78 is 7.02. The quantitative estimate of drug-likeness (QED) is 0.919. The van der Waals surface area contributed by atoms with Crippen molar-refractivity contribution in [2.75, 3.05) is 6.54 Å². The first-order valence-electron chi connectivity index (χ1n) is 8.41. The van der Waals surface area contributed by atoms with E-state index in [2.05, 4.69) is 15.5 Å². The van der Waals surface area contributed by atoms with Crippen LogP contribution >= 0.6 is 0 Å². The van der Waals surface area contributed by atoms with E-state index in [9.17, 15) is 9.59 Å². The van der Waals surface area contributed by atoms with Crippen molar-refractivity contribution >= 4 is 5.91 Å². The minimum absolute atomic E-state index is 0.00469. The standard InChI is InChI=1S/C17H20N4O3/c1-21-10-11(6-7-13(21)22)14-19-16(24-20-14)17(8-9-18-15(17)23)12-4-2-3-5-12/h6-7,10,12H,2-5,8-9H2,1H3,(H,18,23). The van der Waals surface area contributed by atoms with E-state index in [0.717, 1.165) is 25.7 Å². The van der Waals surface area contributed by atoms with Gasteiger partial charge in [0.05, 0.1) is 0 Å². The molecule has 2 aromatic heterocycles. The first-order chi connectivity index (χ1) is 11.6. The molecule has 1 aliphatic carbocycles. The average molecular weight is 328 g/mol. The monoisotopic (exact) mass is 328 g/mol. The minimum Gasteiger partial charge on any atom is -0.355 e. The summed E-state index contributed by atoms with van der Waals surface area (Å²) in [6.45, 7) is 0.646. The summed E-state index contributed by atoms with van der Waals surface area (Å²) in [5, 5.41) is 7.01. The largest absolute Gasteiger partial charge is 0.355 e. The summed E-state index contributed by atoms with van der Waals surface area (Å²) in [7, 11) is 1.68. The number of nitrogens with one attached hydrogen (secondary N) is 1. The minimum atomic E-state index is -0.692. The molecule has 7 nitrogen and oxygen atoms in total. The van der Waals surface area contributed by atoms with Gasteiger partial charge in [-0.1, -0.05) is 18.0 Å². The third-order valence-corrected chi connectivity index (χ3v) is 5.41. The molecule has 1 amide bonds. The Morgan fingerprint density at radius 2 is 2.08 bits per heavy atom. The molecule has 1 aliphatic heterocycles. The van der Waals surface area contributed by atoms with E-state index in [1.807, 2.05) is 0 Å². The molecule has 0 bridgehead atoms. The van der Waals surface area contributed by atoms with E-state index in [1.54, 1.807) is 19.3 Å². The van der Waals surface area contributed by atoms with Gasteiger partial charge in [0.1, 0.15) is 5.41 Å². The lowest BCUT2D eigenvalue weighted by atomic mass is 9.73. The SMILES string of the molecule is Cn1cc(-c2noc(C3(C4CCCC4)CCNC3=O)n2)ccc1=O. The number of amides is 1. The van der Waals surface area contributed by atoms with Crippen molar-refractivity contribution in [1.82, 2.24) is 20.0 Å². The fourth-order valence-corrected chi connectivity index (χ4v) is 4.08. The van der Waals surface area contributed by atoms with Crippen LogP contribution in [0.1, 0.15) is 38.0 Å². The van der Waals surface area contributed by atoms with Crippen LogP contribution < -0.4 is 10.9 Å². The Labute approximate surface area is 139 Å². The molecule has 126 valence electrons. The van der Waals surface area contributed by atoms with Crippen LogP contribution in [0.5, 0.6) is 0 Å². The van der Waals surface area contributed by atoms with Gasteiger partial charge in [0, 0.05) is 31.4 Å². The molecule has 2 aliphatic rings. The highest BCUT2D eigenvalue weighted by Crippen LogP contribution is 2.46. The Morgan fingerprint density at radius 1 is 1.29 bits per heavy atom. The molecule has 7 heteroatoms. The predicted molar refractivity (Wildman–Crippen MR) is 86.2 cm³/mol. The molecule has 1 N–H and O–H groups in total. The van der Waals surface area contributed by atoms with E-state index < -0.39 is 5.41 Å². The van der Waals surface area contributed by atoms with Gasteiger partial charge >= 0.3 is 0 Å². The van der Waals surface area contributed by atoms with Crippen molar-refractivity contribution in [3.05, 3.63) is 34.6 Å². The highest BCUT2D eigenvalue weighted by Gasteiger charge is 2.54. The zero-order chi connectivity index (χ0) is 16.7. The maximum Gasteiger partial charge on any atom is 0.250 e. The molecule has 1 atom stereocenters. The number of aryl methyl sites for hydroxylation is 1. The number of pyridine rings is 1. The zero-order valence-electron chi connectivity index (χ0n) is 13.6. The number of nitrogens with zero attached hydrogens (tertiary/aromatic N) is 3. The number of hydrogen-bond donors (Lipinski definition) is 1. The number of carbonyl (C=O) groups excluding carboxylic acids is 1. The van der Waals surface area contributed by atoms with E-state index in [4.69, 9.17) is 4.52 Å². The molecule has 24 heavy (non-hydrogen) atoms. The average Bonchev–Trinajstić information content (AvgIpc) is 3.30. The van der Waals surface area contributed by atoms with Crippen molar-refractivity contribution in [3.63, 3.8) is 0 Å². The fraction of sp³-hybridized carbons (Fsp3) is 0.529. The fourth-order valence-electron chi connectivity index (χ4n) is 4.08. The van der Waals surface area contributed by atoms with Crippen LogP contribution in [0, 0.1) is 5.92 Å². The summed E-state index contributed by atoms with van der Waals surface area (Å²) in [6.07, 6.45) is 6.69. The Kier molecular flexibility index (Phi) is 3.51. The second-order valence-electron chi connectivity index (χ2n) is 6.75. The zero-order valence-corrected chi connectivity index (χ0v) is 13.6. The van der Waals surface area contributed by atoms with Crippen molar-refractivity contribution in [3.8, 4) is 11.4 Å². The van der Waals surface area contributed by atoms with Crippen LogP contribution in [-0.4, -0.2) is 27.2 Å². The number of rotatable bonds is 3. The summed E-state index contributed by atoms with van der Waals surface area (Å²) in [5.74, 6) is 1.09. The van der Waals surface area contributed by atoms with Crippen molar-refractivity contribution in [2.24, 2.45) is 13.0 Å². The van der Waals surface area contributed by atoms with Gasteiger partial charge in [-0.05, 0) is 31.2 Å². The van der Waals surface area contributed by atoms with Gasteiger partial charge < -0.3 is 14.4 Å². The predicted octanol–water partition coefficient (Wildman–Crippen LogP) is 1.38. The molecule has 0 aromatic carbocycles. The Morgan fingerprint density at radius 3 is 2.75 bits per heavy atom. The maximum absolute atomic E-state index is 12.6. The van der Waals surface area contributed by atoms with Crippen molar-refractivity contribution in [1.29, 1.82) is 0 Å². The molecule has 1 unspecified atom stereocenters. The lowest BCUT2D eigenvalue weighted by molar-refractivity contribution is -0.126. The molecular formula is C17H20N4O3. The third kappa shape index (κ3) is 2.18. The molecule has 0 spiro atoms. The summed E-state index contributed by atoms with van der Waals surface area (Å²) >= 11 is 0. The van der Waals surface area contributed by atoms with Gasteiger partial charge in [0.15, 0.2) is 0 Å². The van der Waals surface area contributed by atoms with Crippen molar-refractivity contribution < 1.29 is 9.32 Å². The van der Waals surface area contributed by atoms with Crippen LogP contribution in [0.3, 0.4) is 0 Å². The Hall–Kier alpha value is -2.44. The van der Waals surface area contributed by atoms with Gasteiger partial charge in [-0.15, -0.1) is 0 Å². The van der Waals surface area contributed by atoms with Crippen LogP contribution in [0.25, 0.3) is 11.4 Å². The third-order valence-electron chi connectivity index (χ3n) is 5.41. The number of hydrogen-bond acceptors (Lipinski definition) is 5. The number of carbonyl (C=O) groups is 1. The van der Waals surface area contributed by atoms with Crippen LogP contribution in [0.15, 0.2) is 27.6 Å². The van der Waals surface area contributed by atoms with Crippen LogP contribution in [0.4, 0.5) is 0 Å². The second-order valence-corrected chi connectivity index (χ2v) is 6.75. The lowest BCUT2D eigenvalue weighted by Crippen LogP contribution is -2.41. The van der Waals surface area contributed by atoms with Gasteiger partial charge in [0.2, 0.25) is 23.2 Å². The van der Waals surface area contributed by atoms with Gasteiger partial charge in [-0.3, -0.25) is 9.59 Å². The maximum atomic E-state index is 12.6. The molecule has 1 saturated carbocycles. The smallest absolute Gasteiger partial charge is 0.250 e. The highest BCUT2D eigenvalue weighted by molar-refractivity contribution is 5.89. The Bertz CT molecular complexity index is 834. The number of aromatic nitrogens is 3. The highest BCUT2D eigenvalue weighted by atomic mass is 16.5. The van der Waals surface area contributed by atoms with E-state index in [0.29, 0.717) is 30.2 Å². The molecule has 4 rings (SSSR count). The summed E-state index contributed by atoms with van der Waals surface area (Å²) in [5.41, 5.74) is -0.0882. The van der Waals surface area contributed by atoms with Gasteiger partial charge in [-0.25, -0.2) is 0 Å². The van der Waals surface area contributed by atoms with Crippen LogP contribution in [0.2, 0.25) is 0 Å². The molecule has 2 fully saturated rings. The molecule has 0 radical (unpaired) electrons. The summed E-state index contributed by atoms with van der Waals surface area (Å²) in [4.78, 5) is 28.7. The normalized spacial score (nSPS) is 24.5. The van der Waals surface area contributed by atoms with E-state index in [-0.39, 0.29) is 17.4 Å². The first kappa shape index (κ1) is 15.1. The van der Waals surface area contributed by atoms with Gasteiger partial charge in [-0.2, -0.15) is 4.98 Å². The Balaban J connectivity index is 1.75. The first-order valence-corrected chi connectivity index (χ1v) is 8.41. The molecule has 3 heterocycles. The summed E-state index contributed by atoms with van der Waals surface area (Å²) in [6, 6.07) is 3.15. The van der Waals surface area contributed by atoms with Crippen LogP contribution in [-0.2, 0) is 17.3 Å². The molecular weight excluding hydrogens is 308 g/mol. The molecule has 2 aromatic rings. The van der Waals surface area contributed by atoms with E-state index >= 15 is 0 Å². The topological polar surface area (TPSA) is 90.0 Å². The van der Waals surface area contributed by atoms with Gasteiger partial charge in [0.25, 0.3) is 0 Å². The second kappa shape index (κ2) is 5.58. The van der Waals surface area contributed by atoms with E-state index in [1.165, 1.54) is 10.6 Å². The lowest BCUT2D eigenvalue weighted by Gasteiger charge is -2.28.